The van der Waals surface area contributed by atoms with Gasteiger partial charge in [0.05, 0.1) is 25.5 Å². The number of nitrogens with one attached hydrogen (secondary N) is 1. The molecule has 0 saturated carbocycles. The Kier molecular flexibility index (Phi) is 3.93. The van der Waals surface area contributed by atoms with Crippen molar-refractivity contribution in [1.29, 1.82) is 0 Å². The smallest absolute Gasteiger partial charge is 0.259 e. The minimum absolute atomic E-state index is 0.251. The molecule has 118 valence electrons. The Bertz CT molecular complexity index is 867. The van der Waals surface area contributed by atoms with Crippen molar-refractivity contribution < 1.29 is 18.7 Å². The third-order valence-corrected chi connectivity index (χ3v) is 3.65. The predicted molar refractivity (Wildman–Crippen MR) is 88.5 cm³/mol. The number of carbonyl (C=O) groups excluding carboxylic acids is 1. The molecule has 0 atom stereocenters. The second-order valence-electron chi connectivity index (χ2n) is 5.05. The van der Waals surface area contributed by atoms with Crippen LogP contribution in [0.1, 0.15) is 16.1 Å². The number of amides is 1. The molecule has 1 amide bonds. The highest BCUT2D eigenvalue weighted by Crippen LogP contribution is 2.31. The van der Waals surface area contributed by atoms with Crippen molar-refractivity contribution in [1.82, 2.24) is 0 Å². The first-order chi connectivity index (χ1) is 11.1. The number of fused-ring (bicyclic) bond motifs is 1. The van der Waals surface area contributed by atoms with Gasteiger partial charge in [-0.2, -0.15) is 0 Å². The van der Waals surface area contributed by atoms with E-state index in [4.69, 9.17) is 13.9 Å². The van der Waals surface area contributed by atoms with Gasteiger partial charge in [-0.05, 0) is 37.3 Å². The minimum Gasteiger partial charge on any atom is -0.497 e. The van der Waals surface area contributed by atoms with E-state index in [1.165, 1.54) is 0 Å². The monoisotopic (exact) mass is 311 g/mol. The molecule has 1 N–H and O–H groups in total. The highest BCUT2D eigenvalue weighted by molar-refractivity contribution is 6.13. The van der Waals surface area contributed by atoms with Gasteiger partial charge in [0, 0.05) is 5.39 Å². The number of ether oxygens (including phenoxy) is 2. The molecule has 5 heteroatoms. The van der Waals surface area contributed by atoms with E-state index >= 15 is 0 Å². The molecule has 0 saturated heterocycles. The van der Waals surface area contributed by atoms with Crippen molar-refractivity contribution in [2.75, 3.05) is 19.5 Å². The molecule has 2 aromatic carbocycles. The lowest BCUT2D eigenvalue weighted by Gasteiger charge is -2.09. The van der Waals surface area contributed by atoms with Crippen LogP contribution in [0.3, 0.4) is 0 Å². The first kappa shape index (κ1) is 15.0. The van der Waals surface area contributed by atoms with Crippen molar-refractivity contribution in [3.63, 3.8) is 0 Å². The molecule has 3 aromatic rings. The fourth-order valence-electron chi connectivity index (χ4n) is 2.54. The Morgan fingerprint density at radius 2 is 1.87 bits per heavy atom. The van der Waals surface area contributed by atoms with E-state index in [0.29, 0.717) is 39.5 Å². The first-order valence-electron chi connectivity index (χ1n) is 7.15. The van der Waals surface area contributed by atoms with Crippen LogP contribution in [0.4, 0.5) is 5.69 Å². The van der Waals surface area contributed by atoms with Gasteiger partial charge in [-0.25, -0.2) is 0 Å². The Balaban J connectivity index is 2.02. The Labute approximate surface area is 133 Å². The number of anilines is 1. The summed E-state index contributed by atoms with van der Waals surface area (Å²) in [6.45, 7) is 1.77. The van der Waals surface area contributed by atoms with Crippen LogP contribution < -0.4 is 14.8 Å². The van der Waals surface area contributed by atoms with Gasteiger partial charge in [0.15, 0.2) is 0 Å². The van der Waals surface area contributed by atoms with E-state index in [1.54, 1.807) is 51.5 Å². The van der Waals surface area contributed by atoms with Crippen LogP contribution in [-0.4, -0.2) is 20.1 Å². The average Bonchev–Trinajstić information content (AvgIpc) is 2.90. The largest absolute Gasteiger partial charge is 0.497 e. The summed E-state index contributed by atoms with van der Waals surface area (Å²) < 4.78 is 16.2. The van der Waals surface area contributed by atoms with Crippen molar-refractivity contribution in [2.24, 2.45) is 0 Å². The third-order valence-electron chi connectivity index (χ3n) is 3.65. The molecule has 23 heavy (non-hydrogen) atoms. The Morgan fingerprint density at radius 1 is 1.09 bits per heavy atom. The molecule has 0 aliphatic heterocycles. The number of hydrogen-bond acceptors (Lipinski definition) is 4. The summed E-state index contributed by atoms with van der Waals surface area (Å²) in [5.41, 5.74) is 1.75. The van der Waals surface area contributed by atoms with Gasteiger partial charge in [0.25, 0.3) is 5.91 Å². The molecule has 0 bridgehead atoms. The number of methoxy groups -OCH3 is 2. The summed E-state index contributed by atoms with van der Waals surface area (Å²) in [7, 11) is 3.15. The lowest BCUT2D eigenvalue weighted by atomic mass is 10.1. The molecule has 1 aromatic heterocycles. The van der Waals surface area contributed by atoms with Crippen LogP contribution in [0.15, 0.2) is 46.9 Å². The standard InChI is InChI=1S/C18H17NO4/c1-11-17(13-10-12(21-2)8-9-15(13)23-11)18(20)19-14-6-4-5-7-16(14)22-3/h4-10H,1-3H3,(H,19,20). The van der Waals surface area contributed by atoms with E-state index in [0.717, 1.165) is 0 Å². The van der Waals surface area contributed by atoms with Gasteiger partial charge in [0.1, 0.15) is 22.8 Å². The zero-order valence-electron chi connectivity index (χ0n) is 13.2. The van der Waals surface area contributed by atoms with E-state index in [1.807, 2.05) is 12.1 Å². The number of carbonyl (C=O) groups is 1. The molecule has 0 radical (unpaired) electrons. The van der Waals surface area contributed by atoms with Crippen molar-refractivity contribution in [3.05, 3.63) is 53.8 Å². The fourth-order valence-corrected chi connectivity index (χ4v) is 2.54. The summed E-state index contributed by atoms with van der Waals surface area (Å²) in [5.74, 6) is 1.58. The van der Waals surface area contributed by atoms with Crippen LogP contribution in [0.2, 0.25) is 0 Å². The number of para-hydroxylation sites is 2. The van der Waals surface area contributed by atoms with Gasteiger partial charge in [-0.15, -0.1) is 0 Å². The summed E-state index contributed by atoms with van der Waals surface area (Å²) >= 11 is 0. The molecule has 0 unspecified atom stereocenters. The molecular formula is C18H17NO4. The van der Waals surface area contributed by atoms with Crippen LogP contribution in [0.25, 0.3) is 11.0 Å². The fraction of sp³-hybridized carbons (Fsp3) is 0.167. The van der Waals surface area contributed by atoms with Gasteiger partial charge in [-0.3, -0.25) is 4.79 Å². The zero-order valence-corrected chi connectivity index (χ0v) is 13.2. The topological polar surface area (TPSA) is 60.7 Å². The van der Waals surface area contributed by atoms with Gasteiger partial charge < -0.3 is 19.2 Å². The van der Waals surface area contributed by atoms with Crippen LogP contribution >= 0.6 is 0 Å². The Hall–Kier alpha value is -2.95. The summed E-state index contributed by atoms with van der Waals surface area (Å²) in [6, 6.07) is 12.6. The maximum atomic E-state index is 12.7. The number of rotatable bonds is 4. The lowest BCUT2D eigenvalue weighted by Crippen LogP contribution is -2.13. The van der Waals surface area contributed by atoms with Gasteiger partial charge in [-0.1, -0.05) is 12.1 Å². The Morgan fingerprint density at radius 3 is 2.61 bits per heavy atom. The number of furan rings is 1. The van der Waals surface area contributed by atoms with Crippen LogP contribution in [0, 0.1) is 6.92 Å². The first-order valence-corrected chi connectivity index (χ1v) is 7.15. The van der Waals surface area contributed by atoms with Crippen LogP contribution in [0.5, 0.6) is 11.5 Å². The zero-order chi connectivity index (χ0) is 16.4. The molecule has 3 rings (SSSR count). The van der Waals surface area contributed by atoms with E-state index in [-0.39, 0.29) is 5.91 Å². The highest BCUT2D eigenvalue weighted by atomic mass is 16.5. The second-order valence-corrected chi connectivity index (χ2v) is 5.05. The van der Waals surface area contributed by atoms with Gasteiger partial charge >= 0.3 is 0 Å². The molecule has 0 spiro atoms. The third kappa shape index (κ3) is 2.73. The number of aryl methyl sites for hydroxylation is 1. The maximum absolute atomic E-state index is 12.7. The average molecular weight is 311 g/mol. The van der Waals surface area contributed by atoms with Crippen LogP contribution in [-0.2, 0) is 0 Å². The predicted octanol–water partition coefficient (Wildman–Crippen LogP) is 4.01. The van der Waals surface area contributed by atoms with Crippen molar-refractivity contribution in [3.8, 4) is 11.5 Å². The maximum Gasteiger partial charge on any atom is 0.259 e. The van der Waals surface area contributed by atoms with Crippen molar-refractivity contribution >= 4 is 22.6 Å². The minimum atomic E-state index is -0.251. The van der Waals surface area contributed by atoms with E-state index in [9.17, 15) is 4.79 Å². The van der Waals surface area contributed by atoms with Gasteiger partial charge in [0.2, 0.25) is 0 Å². The molecule has 0 aliphatic carbocycles. The summed E-state index contributed by atoms with van der Waals surface area (Å²) in [5, 5.41) is 3.59. The highest BCUT2D eigenvalue weighted by Gasteiger charge is 2.19. The molecule has 1 heterocycles. The molecular weight excluding hydrogens is 294 g/mol. The SMILES string of the molecule is COc1ccc2oc(C)c(C(=O)Nc3ccccc3OC)c2c1. The lowest BCUT2D eigenvalue weighted by molar-refractivity contribution is 0.102. The van der Waals surface area contributed by atoms with E-state index in [2.05, 4.69) is 5.32 Å². The van der Waals surface area contributed by atoms with Crippen molar-refractivity contribution in [2.45, 2.75) is 6.92 Å². The summed E-state index contributed by atoms with van der Waals surface area (Å²) in [4.78, 5) is 12.7. The second kappa shape index (κ2) is 6.04. The summed E-state index contributed by atoms with van der Waals surface area (Å²) in [6.07, 6.45) is 0. The number of benzene rings is 2. The number of hydrogen-bond donors (Lipinski definition) is 1. The molecule has 5 nitrogen and oxygen atoms in total. The van der Waals surface area contributed by atoms with E-state index < -0.39 is 0 Å². The normalized spacial score (nSPS) is 10.6. The quantitative estimate of drug-likeness (QED) is 0.791. The molecule has 0 fully saturated rings. The molecule has 0 aliphatic rings.